The average molecular weight is 884 g/mol. The fourth-order valence-electron chi connectivity index (χ4n) is 10.6. The second kappa shape index (κ2) is 16.1. The van der Waals surface area contributed by atoms with Crippen molar-refractivity contribution in [1.29, 1.82) is 0 Å². The number of hydrogen-bond donors (Lipinski definition) is 0. The van der Waals surface area contributed by atoms with E-state index in [0.29, 0.717) is 17.6 Å². The number of anilines is 3. The summed E-state index contributed by atoms with van der Waals surface area (Å²) in [6.07, 6.45) is 0. The number of nitrogens with zero attached hydrogens (tertiary/aromatic N) is 5. The van der Waals surface area contributed by atoms with Crippen LogP contribution in [0.5, 0.6) is 0 Å². The Balaban J connectivity index is 1.03. The number of hydrogen-bond acceptors (Lipinski definition) is 4. The molecule has 13 rings (SSSR count). The lowest BCUT2D eigenvalue weighted by Crippen LogP contribution is -2.14. The first kappa shape index (κ1) is 40.4. The highest BCUT2D eigenvalue weighted by Crippen LogP contribution is 2.51. The van der Waals surface area contributed by atoms with Gasteiger partial charge < -0.3 is 4.90 Å². The van der Waals surface area contributed by atoms with Crippen LogP contribution in [0.3, 0.4) is 0 Å². The highest BCUT2D eigenvalue weighted by atomic mass is 15.2. The van der Waals surface area contributed by atoms with Crippen LogP contribution in [-0.4, -0.2) is 19.5 Å². The molecule has 12 aromatic rings. The van der Waals surface area contributed by atoms with Gasteiger partial charge in [0.1, 0.15) is 0 Å². The molecule has 5 nitrogen and oxygen atoms in total. The topological polar surface area (TPSA) is 46.8 Å². The molecule has 5 heteroatoms. The van der Waals surface area contributed by atoms with Crippen LogP contribution in [0.15, 0.2) is 237 Å². The van der Waals surface area contributed by atoms with E-state index >= 15 is 0 Å². The van der Waals surface area contributed by atoms with Crippen molar-refractivity contribution in [2.75, 3.05) is 4.90 Å². The highest BCUT2D eigenvalue weighted by molar-refractivity contribution is 6.13. The molecule has 2 aromatic heterocycles. The number of rotatable bonds is 8. The molecule has 0 spiro atoms. The summed E-state index contributed by atoms with van der Waals surface area (Å²) in [5.74, 6) is 1.83. The first-order valence-electron chi connectivity index (χ1n) is 23.6. The van der Waals surface area contributed by atoms with Crippen molar-refractivity contribution in [2.24, 2.45) is 0 Å². The number of benzene rings is 10. The van der Waals surface area contributed by atoms with Crippen molar-refractivity contribution in [3.63, 3.8) is 0 Å². The van der Waals surface area contributed by atoms with Crippen molar-refractivity contribution in [2.45, 2.75) is 19.3 Å². The van der Waals surface area contributed by atoms with Gasteiger partial charge in [0.05, 0.1) is 11.0 Å². The fraction of sp³-hybridized carbons (Fsp3) is 0.0469. The van der Waals surface area contributed by atoms with Crippen LogP contribution in [0, 0.1) is 0 Å². The smallest absolute Gasteiger partial charge is 0.238 e. The average Bonchev–Trinajstić information content (AvgIpc) is 3.85. The Labute approximate surface area is 401 Å². The van der Waals surface area contributed by atoms with Gasteiger partial charge in [0.25, 0.3) is 0 Å². The monoisotopic (exact) mass is 883 g/mol. The zero-order valence-electron chi connectivity index (χ0n) is 38.3. The van der Waals surface area contributed by atoms with E-state index in [2.05, 4.69) is 224 Å². The molecule has 0 fully saturated rings. The van der Waals surface area contributed by atoms with E-state index in [4.69, 9.17) is 15.0 Å². The van der Waals surface area contributed by atoms with Crippen LogP contribution < -0.4 is 4.90 Å². The minimum absolute atomic E-state index is 0.183. The summed E-state index contributed by atoms with van der Waals surface area (Å²) >= 11 is 0. The summed E-state index contributed by atoms with van der Waals surface area (Å²) in [6.45, 7) is 4.70. The van der Waals surface area contributed by atoms with Gasteiger partial charge in [0, 0.05) is 44.4 Å². The first-order valence-corrected chi connectivity index (χ1v) is 23.6. The van der Waals surface area contributed by atoms with E-state index in [-0.39, 0.29) is 5.41 Å². The molecule has 0 atom stereocenters. The van der Waals surface area contributed by atoms with Gasteiger partial charge in [-0.25, -0.2) is 4.98 Å². The Morgan fingerprint density at radius 1 is 0.348 bits per heavy atom. The maximum absolute atomic E-state index is 5.29. The summed E-state index contributed by atoms with van der Waals surface area (Å²) in [5, 5.41) is 4.64. The predicted octanol–water partition coefficient (Wildman–Crippen LogP) is 16.6. The summed E-state index contributed by atoms with van der Waals surface area (Å²) in [6, 6.07) is 84.6. The van der Waals surface area contributed by atoms with Crippen molar-refractivity contribution in [3.8, 4) is 62.1 Å². The van der Waals surface area contributed by atoms with E-state index in [1.165, 1.54) is 44.2 Å². The molecular formula is C64H45N5. The summed E-state index contributed by atoms with van der Waals surface area (Å²) in [7, 11) is 0. The van der Waals surface area contributed by atoms with Crippen LogP contribution in [0.25, 0.3) is 94.7 Å². The Morgan fingerprint density at radius 2 is 0.928 bits per heavy atom. The van der Waals surface area contributed by atoms with Gasteiger partial charge >= 0.3 is 0 Å². The lowest BCUT2D eigenvalue weighted by atomic mass is 9.82. The summed E-state index contributed by atoms with van der Waals surface area (Å²) < 4.78 is 2.26. The highest BCUT2D eigenvalue weighted by Gasteiger charge is 2.36. The molecule has 0 amide bonds. The minimum Gasteiger partial charge on any atom is -0.310 e. The second-order valence-electron chi connectivity index (χ2n) is 18.5. The molecule has 0 saturated heterocycles. The van der Waals surface area contributed by atoms with Crippen LogP contribution in [0.4, 0.5) is 17.1 Å². The molecule has 326 valence electrons. The Morgan fingerprint density at radius 3 is 1.65 bits per heavy atom. The van der Waals surface area contributed by atoms with Gasteiger partial charge in [-0.3, -0.25) is 4.57 Å². The van der Waals surface area contributed by atoms with Gasteiger partial charge in [-0.15, -0.1) is 0 Å². The fourth-order valence-corrected chi connectivity index (χ4v) is 10.6. The lowest BCUT2D eigenvalue weighted by Gasteiger charge is -2.26. The Bertz CT molecular complexity index is 3860. The Hall–Kier alpha value is -8.93. The van der Waals surface area contributed by atoms with Crippen molar-refractivity contribution in [3.05, 3.63) is 248 Å². The third kappa shape index (κ3) is 6.81. The maximum Gasteiger partial charge on any atom is 0.238 e. The second-order valence-corrected chi connectivity index (χ2v) is 18.5. The van der Waals surface area contributed by atoms with Gasteiger partial charge in [0.2, 0.25) is 5.95 Å². The summed E-state index contributed by atoms with van der Waals surface area (Å²) in [5.41, 5.74) is 16.9. The maximum atomic E-state index is 5.29. The predicted molar refractivity (Wildman–Crippen MR) is 286 cm³/mol. The van der Waals surface area contributed by atoms with E-state index < -0.39 is 0 Å². The standard InChI is InChI=1S/C64H45N5/c1-64(2)57-32-16-15-30-52(57)54-41-60-56(40-58(54)64)55-38-47(34-36-59(55)69(60)63-66-61(44-21-9-4-10-22-44)65-62(67-63)45-23-11-5-12-24-45)51-31-18-25-43-33-35-50(39-53(43)51)68(48-27-13-6-14-28-48)49-29-17-26-46(37-49)42-19-7-3-8-20-42/h3-41H,1-2H3. The molecule has 0 radical (unpaired) electrons. The van der Waals surface area contributed by atoms with Gasteiger partial charge in [-0.1, -0.05) is 190 Å². The van der Waals surface area contributed by atoms with Crippen molar-refractivity contribution < 1.29 is 0 Å². The van der Waals surface area contributed by atoms with E-state index in [9.17, 15) is 0 Å². The molecular weight excluding hydrogens is 839 g/mol. The third-order valence-corrected chi connectivity index (χ3v) is 14.0. The number of fused-ring (bicyclic) bond motifs is 7. The SMILES string of the molecule is CC1(C)c2ccccc2-c2cc3c(cc21)c1cc(-c2cccc4ccc(N(c5ccccc5)c5cccc(-c6ccccc6)c5)cc24)ccc1n3-c1nc(-c2ccccc2)nc(-c2ccccc2)n1. The van der Waals surface area contributed by atoms with Crippen molar-refractivity contribution in [1.82, 2.24) is 19.5 Å². The molecule has 0 bridgehead atoms. The minimum atomic E-state index is -0.183. The van der Waals surface area contributed by atoms with Gasteiger partial charge in [-0.05, 0) is 116 Å². The van der Waals surface area contributed by atoms with Crippen molar-refractivity contribution >= 4 is 49.6 Å². The zero-order chi connectivity index (χ0) is 46.1. The molecule has 10 aromatic carbocycles. The molecule has 1 aliphatic carbocycles. The zero-order valence-corrected chi connectivity index (χ0v) is 38.3. The first-order chi connectivity index (χ1) is 34.0. The molecule has 0 saturated carbocycles. The molecule has 1 aliphatic rings. The van der Waals surface area contributed by atoms with Gasteiger partial charge in [0.15, 0.2) is 11.6 Å². The molecule has 69 heavy (non-hydrogen) atoms. The van der Waals surface area contributed by atoms with E-state index in [1.807, 2.05) is 36.4 Å². The van der Waals surface area contributed by atoms with Gasteiger partial charge in [-0.2, -0.15) is 9.97 Å². The summed E-state index contributed by atoms with van der Waals surface area (Å²) in [4.78, 5) is 18.0. The molecule has 0 N–H and O–H groups in total. The van der Waals surface area contributed by atoms with Crippen LogP contribution in [0.1, 0.15) is 25.0 Å². The third-order valence-electron chi connectivity index (χ3n) is 14.0. The van der Waals surface area contributed by atoms with E-state index in [0.717, 1.165) is 61.1 Å². The molecule has 2 heterocycles. The Kier molecular flexibility index (Phi) is 9.44. The number of aromatic nitrogens is 4. The van der Waals surface area contributed by atoms with Crippen LogP contribution >= 0.6 is 0 Å². The molecule has 0 unspecified atom stereocenters. The van der Waals surface area contributed by atoms with Crippen LogP contribution in [-0.2, 0) is 5.41 Å². The largest absolute Gasteiger partial charge is 0.310 e. The quantitative estimate of drug-likeness (QED) is 0.153. The normalized spacial score (nSPS) is 12.6. The number of para-hydroxylation sites is 1. The van der Waals surface area contributed by atoms with E-state index in [1.54, 1.807) is 0 Å². The van der Waals surface area contributed by atoms with Crippen LogP contribution in [0.2, 0.25) is 0 Å². The molecule has 0 aliphatic heterocycles. The lowest BCUT2D eigenvalue weighted by molar-refractivity contribution is 0.661.